The predicted molar refractivity (Wildman–Crippen MR) is 66.5 cm³/mol. The maximum absolute atomic E-state index is 11.2. The molecule has 0 aromatic heterocycles. The van der Waals surface area contributed by atoms with Gasteiger partial charge in [-0.3, -0.25) is 8.78 Å². The van der Waals surface area contributed by atoms with E-state index in [2.05, 4.69) is 0 Å². The molecule has 0 amide bonds. The van der Waals surface area contributed by atoms with Crippen molar-refractivity contribution in [1.82, 2.24) is 0 Å². The van der Waals surface area contributed by atoms with Gasteiger partial charge in [0.25, 0.3) is 0 Å². The smallest absolute Gasteiger partial charge is 0.0896 e. The van der Waals surface area contributed by atoms with Gasteiger partial charge in [-0.2, -0.15) is 0 Å². The Balaban J connectivity index is -0.0000000321. The molecule has 0 bridgehead atoms. The van der Waals surface area contributed by atoms with E-state index >= 15 is 0 Å². The standard InChI is InChI=1S/C5H11F.C4H9F.3CH4/c1-5(2)3-4-6;1-2-3-4-5;;;/h5H,3-4H2,1-2H3;2-4H2,1H3;3*1H4. The van der Waals surface area contributed by atoms with Gasteiger partial charge in [-0.05, 0) is 18.8 Å². The van der Waals surface area contributed by atoms with Gasteiger partial charge in [0, 0.05) is 0 Å². The van der Waals surface area contributed by atoms with Crippen LogP contribution in [0.2, 0.25) is 0 Å². The molecule has 2 heteroatoms. The molecule has 0 aromatic carbocycles. The number of halogens is 2. The summed E-state index contributed by atoms with van der Waals surface area (Å²) in [6.45, 7) is 5.67. The number of alkyl halides is 2. The molecule has 0 heterocycles. The van der Waals surface area contributed by atoms with Gasteiger partial charge in [0.1, 0.15) is 0 Å². The van der Waals surface area contributed by atoms with Crippen molar-refractivity contribution in [2.24, 2.45) is 5.92 Å². The van der Waals surface area contributed by atoms with E-state index < -0.39 is 0 Å². The summed E-state index contributed by atoms with van der Waals surface area (Å²) in [6.07, 6.45) is 2.40. The number of hydrogen-bond acceptors (Lipinski definition) is 0. The zero-order chi connectivity index (χ0) is 9.11. The molecule has 0 saturated carbocycles. The minimum absolute atomic E-state index is 0. The average molecular weight is 214 g/mol. The fraction of sp³-hybridized carbons (Fsp3) is 1.00. The summed E-state index contributed by atoms with van der Waals surface area (Å²) in [4.78, 5) is 0. The van der Waals surface area contributed by atoms with Crippen LogP contribution in [-0.2, 0) is 0 Å². The Morgan fingerprint density at radius 2 is 1.36 bits per heavy atom. The van der Waals surface area contributed by atoms with Crippen LogP contribution in [0.4, 0.5) is 8.78 Å². The lowest BCUT2D eigenvalue weighted by molar-refractivity contribution is 0.420. The van der Waals surface area contributed by atoms with Gasteiger partial charge in [0.05, 0.1) is 13.3 Å². The molecule has 0 N–H and O–H groups in total. The Bertz CT molecular complexity index is 52.3. The van der Waals surface area contributed by atoms with Crippen LogP contribution in [0.5, 0.6) is 0 Å². The number of unbranched alkanes of at least 4 members (excludes halogenated alkanes) is 1. The lowest BCUT2D eigenvalue weighted by Crippen LogP contribution is -1.85. The van der Waals surface area contributed by atoms with E-state index in [1.807, 2.05) is 20.8 Å². The van der Waals surface area contributed by atoms with Gasteiger partial charge < -0.3 is 0 Å². The SMILES string of the molecule is C.C.C.CC(C)CCF.CCCCF. The van der Waals surface area contributed by atoms with E-state index in [-0.39, 0.29) is 35.6 Å². The van der Waals surface area contributed by atoms with Gasteiger partial charge in [0.2, 0.25) is 0 Å². The second-order valence-corrected chi connectivity index (χ2v) is 2.91. The van der Waals surface area contributed by atoms with Crippen LogP contribution in [0.25, 0.3) is 0 Å². The quantitative estimate of drug-likeness (QED) is 0.566. The van der Waals surface area contributed by atoms with Crippen LogP contribution >= 0.6 is 0 Å². The summed E-state index contributed by atoms with van der Waals surface area (Å²) in [5, 5.41) is 0. The molecule has 0 radical (unpaired) electrons. The Kier molecular flexibility index (Phi) is 61.1. The molecule has 0 fully saturated rings. The Labute approximate surface area is 91.1 Å². The molecule has 0 nitrogen and oxygen atoms in total. The zero-order valence-corrected chi connectivity index (χ0v) is 7.87. The first kappa shape index (κ1) is 29.2. The van der Waals surface area contributed by atoms with Crippen molar-refractivity contribution < 1.29 is 8.78 Å². The minimum atomic E-state index is -0.169. The van der Waals surface area contributed by atoms with E-state index in [4.69, 9.17) is 0 Å². The summed E-state index contributed by atoms with van der Waals surface area (Å²) in [5.74, 6) is 0.523. The maximum Gasteiger partial charge on any atom is 0.0896 e. The predicted octanol–water partition coefficient (Wildman–Crippen LogP) is 5.67. The van der Waals surface area contributed by atoms with E-state index in [0.717, 1.165) is 12.8 Å². The van der Waals surface area contributed by atoms with E-state index in [1.165, 1.54) is 0 Å². The topological polar surface area (TPSA) is 0 Å². The second kappa shape index (κ2) is 29.3. The maximum atomic E-state index is 11.2. The summed E-state index contributed by atoms with van der Waals surface area (Å²) < 4.78 is 22.2. The molecule has 94 valence electrons. The van der Waals surface area contributed by atoms with Crippen LogP contribution in [0, 0.1) is 5.92 Å². The third kappa shape index (κ3) is 59.2. The normalized spacial score (nSPS) is 7.29. The molecule has 0 atom stereocenters. The summed E-state index contributed by atoms with van der Waals surface area (Å²) in [7, 11) is 0. The lowest BCUT2D eigenvalue weighted by Gasteiger charge is -1.93. The number of hydrogen-bond donors (Lipinski definition) is 0. The van der Waals surface area contributed by atoms with Crippen LogP contribution in [0.3, 0.4) is 0 Å². The molecule has 14 heavy (non-hydrogen) atoms. The van der Waals surface area contributed by atoms with Crippen molar-refractivity contribution in [2.45, 2.75) is 62.3 Å². The Morgan fingerprint density at radius 3 is 1.36 bits per heavy atom. The minimum Gasteiger partial charge on any atom is -0.251 e. The zero-order valence-electron chi connectivity index (χ0n) is 7.87. The Morgan fingerprint density at radius 1 is 0.929 bits per heavy atom. The second-order valence-electron chi connectivity index (χ2n) is 2.91. The van der Waals surface area contributed by atoms with Crippen molar-refractivity contribution in [1.29, 1.82) is 0 Å². The van der Waals surface area contributed by atoms with Crippen LogP contribution < -0.4 is 0 Å². The van der Waals surface area contributed by atoms with Gasteiger partial charge in [0.15, 0.2) is 0 Å². The summed E-state index contributed by atoms with van der Waals surface area (Å²) >= 11 is 0. The van der Waals surface area contributed by atoms with Crippen molar-refractivity contribution in [3.05, 3.63) is 0 Å². The monoisotopic (exact) mass is 214 g/mol. The van der Waals surface area contributed by atoms with Crippen molar-refractivity contribution in [3.63, 3.8) is 0 Å². The molecule has 0 aliphatic rings. The first-order valence-corrected chi connectivity index (χ1v) is 4.30. The van der Waals surface area contributed by atoms with Crippen LogP contribution in [0.15, 0.2) is 0 Å². The van der Waals surface area contributed by atoms with Crippen molar-refractivity contribution in [2.75, 3.05) is 13.3 Å². The lowest BCUT2D eigenvalue weighted by atomic mass is 10.2. The number of rotatable bonds is 4. The highest BCUT2D eigenvalue weighted by atomic mass is 19.1. The largest absolute Gasteiger partial charge is 0.251 e. The molecule has 0 spiro atoms. The highest BCUT2D eigenvalue weighted by Gasteiger charge is 1.87. The third-order valence-corrected chi connectivity index (χ3v) is 1.17. The first-order valence-electron chi connectivity index (χ1n) is 4.30. The van der Waals surface area contributed by atoms with Crippen LogP contribution in [-0.4, -0.2) is 13.3 Å². The summed E-state index contributed by atoms with van der Waals surface area (Å²) in [6, 6.07) is 0. The van der Waals surface area contributed by atoms with Gasteiger partial charge in [-0.15, -0.1) is 0 Å². The molecule has 0 aromatic rings. The highest BCUT2D eigenvalue weighted by molar-refractivity contribution is 4.39. The molecule has 0 aliphatic heterocycles. The molecular formula is C12H32F2. The average Bonchev–Trinajstić information content (AvgIpc) is 1.90. The van der Waals surface area contributed by atoms with Crippen LogP contribution in [0.1, 0.15) is 62.3 Å². The Hall–Kier alpha value is -0.140. The van der Waals surface area contributed by atoms with E-state index in [0.29, 0.717) is 12.3 Å². The third-order valence-electron chi connectivity index (χ3n) is 1.17. The molecular weight excluding hydrogens is 182 g/mol. The molecule has 0 rings (SSSR count). The molecule has 0 unspecified atom stereocenters. The summed E-state index contributed by atoms with van der Waals surface area (Å²) in [5.41, 5.74) is 0. The molecule has 0 saturated heterocycles. The van der Waals surface area contributed by atoms with Gasteiger partial charge in [-0.1, -0.05) is 49.5 Å². The van der Waals surface area contributed by atoms with Gasteiger partial charge >= 0.3 is 0 Å². The first-order chi connectivity index (χ1) is 5.18. The van der Waals surface area contributed by atoms with E-state index in [9.17, 15) is 8.78 Å². The molecule has 0 aliphatic carbocycles. The van der Waals surface area contributed by atoms with E-state index in [1.54, 1.807) is 0 Å². The van der Waals surface area contributed by atoms with Gasteiger partial charge in [-0.25, -0.2) is 0 Å². The highest BCUT2D eigenvalue weighted by Crippen LogP contribution is 1.97. The van der Waals surface area contributed by atoms with Crippen molar-refractivity contribution >= 4 is 0 Å². The fourth-order valence-corrected chi connectivity index (χ4v) is 0.352. The van der Waals surface area contributed by atoms with Crippen molar-refractivity contribution in [3.8, 4) is 0 Å². The fourth-order valence-electron chi connectivity index (χ4n) is 0.352.